The van der Waals surface area contributed by atoms with E-state index in [9.17, 15) is 30.6 Å². The Hall–Kier alpha value is -2.30. The minimum Gasteiger partial charge on any atom is -0.468 e. The lowest BCUT2D eigenvalue weighted by Crippen LogP contribution is -2.17. The Morgan fingerprint density at radius 2 is 1.93 bits per heavy atom. The van der Waals surface area contributed by atoms with Gasteiger partial charge in [-0.2, -0.15) is 31.6 Å². The molecule has 30 heavy (non-hydrogen) atoms. The fraction of sp³-hybridized carbons (Fsp3) is 0.267. The summed E-state index contributed by atoms with van der Waals surface area (Å²) >= 11 is 11.8. The van der Waals surface area contributed by atoms with Crippen molar-refractivity contribution in [3.63, 3.8) is 0 Å². The number of nitrogens with zero attached hydrogens (tertiary/aromatic N) is 3. The maximum absolute atomic E-state index is 13.1. The zero-order valence-electron chi connectivity index (χ0n) is 14.5. The van der Waals surface area contributed by atoms with Gasteiger partial charge in [-0.25, -0.2) is 9.20 Å². The van der Waals surface area contributed by atoms with E-state index < -0.39 is 66.4 Å². The first kappa shape index (κ1) is 24.0. The van der Waals surface area contributed by atoms with Crippen molar-refractivity contribution in [1.29, 1.82) is 5.26 Å². The van der Waals surface area contributed by atoms with Crippen molar-refractivity contribution in [3.8, 4) is 11.9 Å². The molecule has 1 heterocycles. The molecule has 0 saturated heterocycles. The van der Waals surface area contributed by atoms with E-state index in [0.717, 1.165) is 0 Å². The zero-order valence-corrected chi connectivity index (χ0v) is 16.8. The number of aromatic amines is 1. The van der Waals surface area contributed by atoms with Crippen LogP contribution in [-0.4, -0.2) is 26.6 Å². The largest absolute Gasteiger partial charge is 0.476 e. The van der Waals surface area contributed by atoms with E-state index in [1.165, 1.54) is 13.0 Å². The minimum absolute atomic E-state index is 0.317. The van der Waals surface area contributed by atoms with Gasteiger partial charge >= 0.3 is 11.7 Å². The van der Waals surface area contributed by atoms with Crippen LogP contribution < -0.4 is 4.74 Å². The van der Waals surface area contributed by atoms with Gasteiger partial charge in [0.25, 0.3) is 5.88 Å². The molecule has 2 rings (SSSR count). The van der Waals surface area contributed by atoms with Crippen LogP contribution in [0.25, 0.3) is 0 Å². The third-order valence-electron chi connectivity index (χ3n) is 3.59. The minimum atomic E-state index is -5.19. The van der Waals surface area contributed by atoms with Crippen molar-refractivity contribution in [2.24, 2.45) is 4.99 Å². The fourth-order valence-electron chi connectivity index (χ4n) is 2.34. The van der Waals surface area contributed by atoms with Crippen molar-refractivity contribution < 1.29 is 35.3 Å². The average molecular weight is 493 g/mol. The molecule has 2 atom stereocenters. The number of halogens is 8. The summed E-state index contributed by atoms with van der Waals surface area (Å²) in [6.45, 7) is 4.20. The molecule has 0 aliphatic rings. The summed E-state index contributed by atoms with van der Waals surface area (Å²) in [4.78, 5) is 2.26. The van der Waals surface area contributed by atoms with Crippen molar-refractivity contribution in [3.05, 3.63) is 32.8 Å². The summed E-state index contributed by atoms with van der Waals surface area (Å²) in [5, 5.41) is 13.3. The third kappa shape index (κ3) is 4.55. The molecule has 1 aromatic carbocycles. The molecule has 0 spiro atoms. The maximum Gasteiger partial charge on any atom is 0.476 e. The first-order valence-electron chi connectivity index (χ1n) is 7.43. The number of aliphatic imine (C=N–C) groups is 1. The van der Waals surface area contributed by atoms with Crippen LogP contribution in [0.4, 0.5) is 32.2 Å². The van der Waals surface area contributed by atoms with E-state index in [4.69, 9.17) is 33.2 Å². The van der Waals surface area contributed by atoms with Crippen molar-refractivity contribution in [1.82, 2.24) is 10.2 Å². The van der Waals surface area contributed by atoms with Crippen LogP contribution in [0.15, 0.2) is 16.0 Å². The molecule has 162 valence electrons. The summed E-state index contributed by atoms with van der Waals surface area (Å²) in [7, 11) is -3.62. The number of hydrogen-bond acceptors (Lipinski definition) is 5. The van der Waals surface area contributed by atoms with Gasteiger partial charge in [0, 0.05) is 10.6 Å². The van der Waals surface area contributed by atoms with Gasteiger partial charge in [-0.15, -0.1) is 5.10 Å². The molecule has 1 N–H and O–H groups in total. The fourth-order valence-corrected chi connectivity index (χ4v) is 3.92. The highest BCUT2D eigenvalue weighted by Gasteiger charge is 2.43. The molecule has 0 aliphatic carbocycles. The van der Waals surface area contributed by atoms with Crippen LogP contribution in [0, 0.1) is 11.3 Å². The van der Waals surface area contributed by atoms with Crippen LogP contribution in [-0.2, 0) is 17.0 Å². The topological polar surface area (TPSA) is 91.1 Å². The van der Waals surface area contributed by atoms with E-state index in [0.29, 0.717) is 6.07 Å². The van der Waals surface area contributed by atoms with Gasteiger partial charge in [0.2, 0.25) is 0 Å². The first-order chi connectivity index (χ1) is 13.7. The average Bonchev–Trinajstić information content (AvgIpc) is 3.01. The normalized spacial score (nSPS) is 14.1. The van der Waals surface area contributed by atoms with E-state index >= 15 is 0 Å². The lowest BCUT2D eigenvalue weighted by atomic mass is 10.0. The first-order valence-corrected chi connectivity index (χ1v) is 9.34. The molecule has 0 aliphatic heterocycles. The second kappa shape index (κ2) is 8.44. The smallest absolute Gasteiger partial charge is 0.468 e. The Labute approximate surface area is 176 Å². The highest BCUT2D eigenvalue weighted by atomic mass is 35.5. The van der Waals surface area contributed by atoms with Crippen molar-refractivity contribution in [2.45, 2.75) is 29.6 Å². The number of benzene rings is 1. The van der Waals surface area contributed by atoms with Crippen LogP contribution in [0.3, 0.4) is 0 Å². The predicted molar refractivity (Wildman–Crippen MR) is 95.5 cm³/mol. The van der Waals surface area contributed by atoms with Gasteiger partial charge in [0.05, 0.1) is 16.1 Å². The molecule has 1 aromatic heterocycles. The predicted octanol–water partition coefficient (Wildman–Crippen LogP) is 5.71. The maximum atomic E-state index is 13.1. The summed E-state index contributed by atoms with van der Waals surface area (Å²) in [6, 6.07) is 1.75. The monoisotopic (exact) mass is 492 g/mol. The van der Waals surface area contributed by atoms with Crippen molar-refractivity contribution >= 4 is 46.5 Å². The zero-order chi connectivity index (χ0) is 23.0. The van der Waals surface area contributed by atoms with Gasteiger partial charge in [0.15, 0.2) is 21.5 Å². The number of ether oxygens (including phenoxy) is 1. The molecule has 0 bridgehead atoms. The molecule has 0 saturated carbocycles. The van der Waals surface area contributed by atoms with Crippen LogP contribution >= 0.6 is 23.2 Å². The quantitative estimate of drug-likeness (QED) is 0.427. The van der Waals surface area contributed by atoms with Crippen LogP contribution in [0.5, 0.6) is 5.88 Å². The second-order valence-electron chi connectivity index (χ2n) is 5.46. The number of alkyl halides is 6. The molecule has 0 amide bonds. The molecule has 6 nitrogen and oxygen atoms in total. The summed E-state index contributed by atoms with van der Waals surface area (Å²) in [5.41, 5.74) is -7.86. The Kier molecular flexibility index (Phi) is 6.75. The second-order valence-corrected chi connectivity index (χ2v) is 7.65. The Bertz CT molecular complexity index is 1060. The summed E-state index contributed by atoms with van der Waals surface area (Å²) in [5.74, 6) is -1.40. The molecule has 0 radical (unpaired) electrons. The van der Waals surface area contributed by atoms with Crippen LogP contribution in [0.2, 0.25) is 10.0 Å². The van der Waals surface area contributed by atoms with Gasteiger partial charge in [-0.3, -0.25) is 5.10 Å². The number of H-pyrrole nitrogens is 1. The summed E-state index contributed by atoms with van der Waals surface area (Å²) < 4.78 is 95.0. The number of nitrogens with one attached hydrogen (secondary N) is 1. The highest BCUT2D eigenvalue weighted by Crippen LogP contribution is 2.44. The van der Waals surface area contributed by atoms with E-state index in [1.807, 2.05) is 0 Å². The molecule has 2 unspecified atom stereocenters. The molecular weight excluding hydrogens is 485 g/mol. The number of nitriles is 1. The molecule has 15 heteroatoms. The van der Waals surface area contributed by atoms with E-state index in [-0.39, 0.29) is 5.56 Å². The summed E-state index contributed by atoms with van der Waals surface area (Å²) in [6.07, 6.45) is -6.34. The van der Waals surface area contributed by atoms with E-state index in [2.05, 4.69) is 21.9 Å². The Morgan fingerprint density at radius 3 is 2.40 bits per heavy atom. The van der Waals surface area contributed by atoms with Crippen LogP contribution in [0.1, 0.15) is 29.7 Å². The third-order valence-corrected chi connectivity index (χ3v) is 5.46. The van der Waals surface area contributed by atoms with Gasteiger partial charge in [-0.05, 0) is 19.7 Å². The van der Waals surface area contributed by atoms with Gasteiger partial charge < -0.3 is 4.74 Å². The molecule has 0 fully saturated rings. The van der Waals surface area contributed by atoms with Gasteiger partial charge in [0.1, 0.15) is 12.2 Å². The van der Waals surface area contributed by atoms with E-state index in [1.54, 1.807) is 0 Å². The number of rotatable bonds is 5. The lowest BCUT2D eigenvalue weighted by molar-refractivity contribution is -0.137. The Morgan fingerprint density at radius 1 is 1.33 bits per heavy atom. The lowest BCUT2D eigenvalue weighted by Gasteiger charge is -2.20. The SMILES string of the molecule is C=Nc1[nH]nc(OC(C)c2c(Cl)cc(C(F)(F)F)c(C#N)c2Cl)c1S(=O)C(F)(F)F. The highest BCUT2D eigenvalue weighted by molar-refractivity contribution is 7.86. The molecular formula is C15H8Cl2F6N4O2S. The number of aromatic nitrogens is 2. The standard InChI is InChI=1S/C15H8Cl2F6N4O2S/c1-5(9-8(16)3-7(14(18,19)20)6(4-24)10(9)17)29-13-11(12(25-2)26-27-13)30(28)15(21,22)23/h3,5H,2H2,1H3,(H,26,27). The Balaban J connectivity index is 2.57. The number of hydrogen-bond donors (Lipinski definition) is 1. The molecule has 2 aromatic rings. The van der Waals surface area contributed by atoms with Gasteiger partial charge in [-0.1, -0.05) is 23.2 Å². The van der Waals surface area contributed by atoms with Crippen molar-refractivity contribution in [2.75, 3.05) is 0 Å².